The van der Waals surface area contributed by atoms with Crippen molar-refractivity contribution in [3.8, 4) is 0 Å². The molecule has 0 aliphatic carbocycles. The average molecular weight is 388 g/mol. The zero-order chi connectivity index (χ0) is 18.8. The fraction of sp³-hybridized carbons (Fsp3) is 0.550. The van der Waals surface area contributed by atoms with E-state index >= 15 is 0 Å². The molecule has 0 saturated carbocycles. The summed E-state index contributed by atoms with van der Waals surface area (Å²) in [5.41, 5.74) is 1.24. The van der Waals surface area contributed by atoms with E-state index in [1.807, 2.05) is 23.1 Å². The summed E-state index contributed by atoms with van der Waals surface area (Å²) in [6.45, 7) is 7.01. The van der Waals surface area contributed by atoms with Crippen LogP contribution in [0.15, 0.2) is 24.3 Å². The van der Waals surface area contributed by atoms with E-state index in [4.69, 9.17) is 11.6 Å². The maximum atomic E-state index is 11.8. The first-order valence-corrected chi connectivity index (χ1v) is 10.1. The molecular formula is C20H26ClN5O. The van der Waals surface area contributed by atoms with Gasteiger partial charge >= 0.3 is 0 Å². The van der Waals surface area contributed by atoms with Crippen LogP contribution in [0.25, 0.3) is 0 Å². The van der Waals surface area contributed by atoms with Gasteiger partial charge < -0.3 is 9.47 Å². The van der Waals surface area contributed by atoms with Crippen LogP contribution in [0.5, 0.6) is 0 Å². The Kier molecular flexibility index (Phi) is 5.45. The molecule has 0 N–H and O–H groups in total. The smallest absolute Gasteiger partial charge is 0.219 e. The van der Waals surface area contributed by atoms with Gasteiger partial charge in [0.25, 0.3) is 0 Å². The maximum absolute atomic E-state index is 11.8. The molecule has 7 heteroatoms. The molecule has 2 aromatic rings. The number of benzene rings is 1. The lowest BCUT2D eigenvalue weighted by Gasteiger charge is -2.31. The van der Waals surface area contributed by atoms with Crippen LogP contribution in [0, 0.1) is 0 Å². The molecule has 0 bridgehead atoms. The molecule has 3 heterocycles. The second-order valence-corrected chi connectivity index (χ2v) is 8.02. The third-order valence-electron chi connectivity index (χ3n) is 5.67. The summed E-state index contributed by atoms with van der Waals surface area (Å²) in [6.07, 6.45) is 3.01. The van der Waals surface area contributed by atoms with Crippen LogP contribution in [0.1, 0.15) is 42.9 Å². The molecule has 1 amide bonds. The van der Waals surface area contributed by atoms with E-state index in [0.29, 0.717) is 5.92 Å². The normalized spacial score (nSPS) is 21.0. The van der Waals surface area contributed by atoms with E-state index in [1.165, 1.54) is 5.56 Å². The van der Waals surface area contributed by atoms with E-state index in [-0.39, 0.29) is 5.91 Å². The Morgan fingerprint density at radius 1 is 1.22 bits per heavy atom. The van der Waals surface area contributed by atoms with Gasteiger partial charge in [0.1, 0.15) is 11.6 Å². The predicted octanol–water partition coefficient (Wildman–Crippen LogP) is 2.72. The lowest BCUT2D eigenvalue weighted by Crippen LogP contribution is -2.38. The van der Waals surface area contributed by atoms with Crippen molar-refractivity contribution in [3.05, 3.63) is 46.5 Å². The summed E-state index contributed by atoms with van der Waals surface area (Å²) >= 11 is 6.12. The second kappa shape index (κ2) is 7.98. The summed E-state index contributed by atoms with van der Waals surface area (Å²) in [7, 11) is 0. The predicted molar refractivity (Wildman–Crippen MR) is 105 cm³/mol. The topological polar surface area (TPSA) is 54.3 Å². The van der Waals surface area contributed by atoms with Crippen LogP contribution in [-0.4, -0.2) is 56.7 Å². The van der Waals surface area contributed by atoms with Gasteiger partial charge in [-0.15, -0.1) is 10.2 Å². The molecular weight excluding hydrogens is 362 g/mol. The number of hydrogen-bond donors (Lipinski definition) is 0. The summed E-state index contributed by atoms with van der Waals surface area (Å²) < 4.78 is 2.30. The van der Waals surface area contributed by atoms with Gasteiger partial charge in [-0.25, -0.2) is 0 Å². The van der Waals surface area contributed by atoms with Crippen molar-refractivity contribution in [2.45, 2.75) is 45.2 Å². The van der Waals surface area contributed by atoms with Crippen molar-refractivity contribution in [2.75, 3.05) is 26.2 Å². The minimum Gasteiger partial charge on any atom is -0.342 e. The number of carbonyl (C=O) groups is 1. The number of fused-ring (bicyclic) bond motifs is 1. The summed E-state index contributed by atoms with van der Waals surface area (Å²) in [4.78, 5) is 16.2. The Morgan fingerprint density at radius 2 is 2.11 bits per heavy atom. The molecule has 2 aliphatic heterocycles. The van der Waals surface area contributed by atoms with Crippen LogP contribution >= 0.6 is 11.6 Å². The minimum atomic E-state index is 0.156. The van der Waals surface area contributed by atoms with Crippen molar-refractivity contribution >= 4 is 17.5 Å². The largest absolute Gasteiger partial charge is 0.342 e. The third-order valence-corrected chi connectivity index (χ3v) is 5.91. The molecule has 144 valence electrons. The number of hydrogen-bond acceptors (Lipinski definition) is 4. The van der Waals surface area contributed by atoms with Gasteiger partial charge in [0.2, 0.25) is 5.91 Å². The van der Waals surface area contributed by atoms with Gasteiger partial charge in [0.15, 0.2) is 0 Å². The average Bonchev–Trinajstić information content (AvgIpc) is 2.97. The van der Waals surface area contributed by atoms with Crippen LogP contribution in [0.4, 0.5) is 0 Å². The molecule has 0 unspecified atom stereocenters. The van der Waals surface area contributed by atoms with Crippen molar-refractivity contribution in [1.82, 2.24) is 24.6 Å². The van der Waals surface area contributed by atoms with Crippen LogP contribution in [0.2, 0.25) is 5.02 Å². The molecule has 2 aliphatic rings. The fourth-order valence-electron chi connectivity index (χ4n) is 4.22. The zero-order valence-electron chi connectivity index (χ0n) is 15.8. The van der Waals surface area contributed by atoms with Crippen molar-refractivity contribution in [2.24, 2.45) is 0 Å². The molecule has 4 rings (SSSR count). The van der Waals surface area contributed by atoms with Crippen molar-refractivity contribution in [3.63, 3.8) is 0 Å². The first-order valence-electron chi connectivity index (χ1n) is 9.74. The zero-order valence-corrected chi connectivity index (χ0v) is 16.5. The molecule has 0 spiro atoms. The van der Waals surface area contributed by atoms with Crippen molar-refractivity contribution in [1.29, 1.82) is 0 Å². The number of halogens is 1. The Hall–Kier alpha value is -1.92. The lowest BCUT2D eigenvalue weighted by atomic mass is 9.97. The molecule has 1 aromatic heterocycles. The lowest BCUT2D eigenvalue weighted by molar-refractivity contribution is -0.130. The van der Waals surface area contributed by atoms with Gasteiger partial charge in [0.05, 0.1) is 0 Å². The van der Waals surface area contributed by atoms with E-state index in [1.54, 1.807) is 6.92 Å². The number of aromatic nitrogens is 3. The highest BCUT2D eigenvalue weighted by molar-refractivity contribution is 6.30. The SMILES string of the molecule is CC(=O)N1CCC[C@@H](c2nnc3n2CCN(Cc2cccc(Cl)c2)CC3)C1. The third kappa shape index (κ3) is 4.17. The number of carbonyl (C=O) groups excluding carboxylic acids is 1. The number of nitrogens with zero attached hydrogens (tertiary/aromatic N) is 5. The Labute approximate surface area is 165 Å². The molecule has 1 aromatic carbocycles. The molecule has 1 atom stereocenters. The highest BCUT2D eigenvalue weighted by Crippen LogP contribution is 2.27. The fourth-order valence-corrected chi connectivity index (χ4v) is 4.43. The standard InChI is InChI=1S/C20H26ClN5O/c1-15(27)25-8-3-5-17(14-25)20-23-22-19-7-9-24(10-11-26(19)20)13-16-4-2-6-18(21)12-16/h2,4,6,12,17H,3,5,7-11,13-14H2,1H3/t17-/m1/s1. The number of rotatable bonds is 3. The van der Waals surface area contributed by atoms with E-state index < -0.39 is 0 Å². The van der Waals surface area contributed by atoms with Crippen LogP contribution in [0.3, 0.4) is 0 Å². The Morgan fingerprint density at radius 3 is 2.93 bits per heavy atom. The summed E-state index contributed by atoms with van der Waals surface area (Å²) in [5.74, 6) is 2.57. The van der Waals surface area contributed by atoms with E-state index in [2.05, 4.69) is 25.7 Å². The molecule has 1 saturated heterocycles. The van der Waals surface area contributed by atoms with Gasteiger partial charge in [-0.05, 0) is 30.5 Å². The Bertz CT molecular complexity index is 820. The number of amides is 1. The van der Waals surface area contributed by atoms with E-state index in [0.717, 1.165) is 75.2 Å². The van der Waals surface area contributed by atoms with Gasteiger partial charge in [-0.2, -0.15) is 0 Å². The van der Waals surface area contributed by atoms with Gasteiger partial charge in [-0.1, -0.05) is 23.7 Å². The van der Waals surface area contributed by atoms with E-state index in [9.17, 15) is 4.79 Å². The quantitative estimate of drug-likeness (QED) is 0.812. The number of piperidine rings is 1. The molecule has 27 heavy (non-hydrogen) atoms. The highest BCUT2D eigenvalue weighted by Gasteiger charge is 2.29. The summed E-state index contributed by atoms with van der Waals surface area (Å²) in [5, 5.41) is 9.78. The number of likely N-dealkylation sites (tertiary alicyclic amines) is 1. The molecule has 0 radical (unpaired) electrons. The molecule has 6 nitrogen and oxygen atoms in total. The van der Waals surface area contributed by atoms with Crippen LogP contribution < -0.4 is 0 Å². The second-order valence-electron chi connectivity index (χ2n) is 7.59. The van der Waals surface area contributed by atoms with Crippen molar-refractivity contribution < 1.29 is 4.79 Å². The maximum Gasteiger partial charge on any atom is 0.219 e. The Balaban J connectivity index is 1.45. The summed E-state index contributed by atoms with van der Waals surface area (Å²) in [6, 6.07) is 8.08. The van der Waals surface area contributed by atoms with Gasteiger partial charge in [-0.3, -0.25) is 9.69 Å². The monoisotopic (exact) mass is 387 g/mol. The first-order chi connectivity index (χ1) is 13.1. The van der Waals surface area contributed by atoms with Crippen LogP contribution in [-0.2, 0) is 24.3 Å². The molecule has 1 fully saturated rings. The minimum absolute atomic E-state index is 0.156. The first kappa shape index (κ1) is 18.4. The van der Waals surface area contributed by atoms with Gasteiger partial charge in [0, 0.05) is 63.6 Å². The highest BCUT2D eigenvalue weighted by atomic mass is 35.5.